The van der Waals surface area contributed by atoms with Crippen molar-refractivity contribution < 1.29 is 14.3 Å². The number of anilines is 3. The predicted octanol–water partition coefficient (Wildman–Crippen LogP) is 4.05. The van der Waals surface area contributed by atoms with Crippen molar-refractivity contribution in [1.29, 1.82) is 0 Å². The smallest absolute Gasteiger partial charge is 0.274 e. The van der Waals surface area contributed by atoms with E-state index < -0.39 is 0 Å². The summed E-state index contributed by atoms with van der Waals surface area (Å²) in [5.74, 6) is 0.881. The second kappa shape index (κ2) is 7.60. The molecule has 2 heterocycles. The van der Waals surface area contributed by atoms with Crippen molar-refractivity contribution >= 4 is 23.0 Å². The lowest BCUT2D eigenvalue weighted by Crippen LogP contribution is -2.17. The van der Waals surface area contributed by atoms with Crippen LogP contribution < -0.4 is 19.7 Å². The number of hydrogen-bond donors (Lipinski definition) is 1. The van der Waals surface area contributed by atoms with Gasteiger partial charge in [-0.15, -0.1) is 0 Å². The maximum Gasteiger partial charge on any atom is 0.274 e. The van der Waals surface area contributed by atoms with Gasteiger partial charge in [-0.2, -0.15) is 0 Å². The molecule has 1 N–H and O–H groups in total. The second-order valence-electron chi connectivity index (χ2n) is 6.45. The molecular formula is C22H21N3O3. The molecule has 28 heavy (non-hydrogen) atoms. The number of pyridine rings is 1. The highest BCUT2D eigenvalue weighted by atomic mass is 16.5. The number of ether oxygens (including phenoxy) is 2. The molecule has 2 aromatic carbocycles. The highest BCUT2D eigenvalue weighted by Crippen LogP contribution is 2.34. The van der Waals surface area contributed by atoms with E-state index in [2.05, 4.69) is 33.4 Å². The van der Waals surface area contributed by atoms with E-state index in [0.29, 0.717) is 22.9 Å². The van der Waals surface area contributed by atoms with E-state index in [4.69, 9.17) is 9.47 Å². The number of carbonyl (C=O) groups is 1. The van der Waals surface area contributed by atoms with E-state index in [1.807, 2.05) is 18.2 Å². The molecule has 0 saturated heterocycles. The van der Waals surface area contributed by atoms with Crippen LogP contribution in [0.4, 0.5) is 17.1 Å². The van der Waals surface area contributed by atoms with Crippen molar-refractivity contribution in [3.05, 3.63) is 72.1 Å². The number of para-hydroxylation sites is 1. The molecule has 1 amide bonds. The summed E-state index contributed by atoms with van der Waals surface area (Å²) in [6.45, 7) is 0.883. The van der Waals surface area contributed by atoms with Crippen LogP contribution in [0.25, 0.3) is 0 Å². The molecule has 0 unspecified atom stereocenters. The average molecular weight is 375 g/mol. The third-order valence-corrected chi connectivity index (χ3v) is 4.83. The van der Waals surface area contributed by atoms with Crippen molar-refractivity contribution in [3.63, 3.8) is 0 Å². The number of amides is 1. The second-order valence-corrected chi connectivity index (χ2v) is 6.45. The molecule has 1 aromatic heterocycles. The molecule has 4 rings (SSSR count). The summed E-state index contributed by atoms with van der Waals surface area (Å²) in [6.07, 6.45) is 2.65. The van der Waals surface area contributed by atoms with Gasteiger partial charge in [0.1, 0.15) is 17.2 Å². The van der Waals surface area contributed by atoms with Crippen LogP contribution in [0.15, 0.2) is 60.8 Å². The maximum atomic E-state index is 12.8. The zero-order valence-corrected chi connectivity index (χ0v) is 15.8. The number of fused-ring (bicyclic) bond motifs is 1. The minimum absolute atomic E-state index is 0.305. The zero-order chi connectivity index (χ0) is 19.5. The standard InChI is InChI=1S/C22H21N3O3/c1-27-17-7-8-21(28-2)18(14-17)24-22(26)19-13-16(9-11-23-19)25-12-10-15-5-3-4-6-20(15)25/h3-9,11,13-14H,10,12H2,1-2H3,(H,24,26). The third-order valence-electron chi connectivity index (χ3n) is 4.83. The van der Waals surface area contributed by atoms with Crippen LogP contribution >= 0.6 is 0 Å². The first kappa shape index (κ1) is 17.9. The fourth-order valence-electron chi connectivity index (χ4n) is 3.42. The van der Waals surface area contributed by atoms with Crippen molar-refractivity contribution in [2.24, 2.45) is 0 Å². The van der Waals surface area contributed by atoms with Crippen molar-refractivity contribution in [3.8, 4) is 11.5 Å². The molecule has 0 aliphatic carbocycles. The SMILES string of the molecule is COc1ccc(OC)c(NC(=O)c2cc(N3CCc4ccccc43)ccn2)c1. The molecule has 3 aromatic rings. The molecule has 1 aliphatic heterocycles. The van der Waals surface area contributed by atoms with Crippen LogP contribution in [-0.2, 0) is 6.42 Å². The van der Waals surface area contributed by atoms with Crippen LogP contribution in [-0.4, -0.2) is 31.7 Å². The Bertz CT molecular complexity index is 1020. The van der Waals surface area contributed by atoms with E-state index in [-0.39, 0.29) is 5.91 Å². The quantitative estimate of drug-likeness (QED) is 0.729. The van der Waals surface area contributed by atoms with Gasteiger partial charge in [-0.05, 0) is 42.3 Å². The summed E-state index contributed by atoms with van der Waals surface area (Å²) in [5, 5.41) is 2.86. The van der Waals surface area contributed by atoms with Gasteiger partial charge in [0.25, 0.3) is 5.91 Å². The molecule has 142 valence electrons. The lowest BCUT2D eigenvalue weighted by Gasteiger charge is -2.20. The normalized spacial score (nSPS) is 12.4. The Hall–Kier alpha value is -3.54. The van der Waals surface area contributed by atoms with Crippen molar-refractivity contribution in [2.75, 3.05) is 31.0 Å². The largest absolute Gasteiger partial charge is 0.497 e. The van der Waals surface area contributed by atoms with Crippen LogP contribution in [0, 0.1) is 0 Å². The van der Waals surface area contributed by atoms with E-state index in [0.717, 1.165) is 18.7 Å². The van der Waals surface area contributed by atoms with Gasteiger partial charge in [-0.1, -0.05) is 18.2 Å². The molecule has 0 saturated carbocycles. The predicted molar refractivity (Wildman–Crippen MR) is 109 cm³/mol. The number of hydrogen-bond acceptors (Lipinski definition) is 5. The topological polar surface area (TPSA) is 63.7 Å². The van der Waals surface area contributed by atoms with Gasteiger partial charge in [0.15, 0.2) is 0 Å². The van der Waals surface area contributed by atoms with Crippen molar-refractivity contribution in [1.82, 2.24) is 4.98 Å². The number of methoxy groups -OCH3 is 2. The molecule has 0 spiro atoms. The number of nitrogens with zero attached hydrogens (tertiary/aromatic N) is 2. The summed E-state index contributed by atoms with van der Waals surface area (Å²) in [7, 11) is 3.13. The van der Waals surface area contributed by atoms with Crippen LogP contribution in [0.3, 0.4) is 0 Å². The molecule has 0 bridgehead atoms. The minimum Gasteiger partial charge on any atom is -0.497 e. The Morgan fingerprint density at radius 3 is 2.75 bits per heavy atom. The number of aromatic nitrogens is 1. The van der Waals surface area contributed by atoms with Gasteiger partial charge in [-0.3, -0.25) is 9.78 Å². The van der Waals surface area contributed by atoms with E-state index >= 15 is 0 Å². The lowest BCUT2D eigenvalue weighted by atomic mass is 10.2. The van der Waals surface area contributed by atoms with Crippen LogP contribution in [0.1, 0.15) is 16.1 Å². The Balaban J connectivity index is 1.60. The van der Waals surface area contributed by atoms with Gasteiger partial charge in [0, 0.05) is 30.2 Å². The highest BCUT2D eigenvalue weighted by molar-refractivity contribution is 6.04. The number of benzene rings is 2. The monoisotopic (exact) mass is 375 g/mol. The fraction of sp³-hybridized carbons (Fsp3) is 0.182. The first-order chi connectivity index (χ1) is 13.7. The first-order valence-corrected chi connectivity index (χ1v) is 9.04. The summed E-state index contributed by atoms with van der Waals surface area (Å²) >= 11 is 0. The molecule has 6 nitrogen and oxygen atoms in total. The lowest BCUT2D eigenvalue weighted by molar-refractivity contribution is 0.102. The fourth-order valence-corrected chi connectivity index (χ4v) is 3.42. The van der Waals surface area contributed by atoms with Gasteiger partial charge in [-0.25, -0.2) is 0 Å². The van der Waals surface area contributed by atoms with Crippen LogP contribution in [0.2, 0.25) is 0 Å². The molecule has 0 radical (unpaired) electrons. The molecular weight excluding hydrogens is 354 g/mol. The summed E-state index contributed by atoms with van der Waals surface area (Å²) < 4.78 is 10.6. The summed E-state index contributed by atoms with van der Waals surface area (Å²) in [5.41, 5.74) is 4.31. The van der Waals surface area contributed by atoms with E-state index in [1.165, 1.54) is 11.3 Å². The van der Waals surface area contributed by atoms with Gasteiger partial charge < -0.3 is 19.7 Å². The van der Waals surface area contributed by atoms with Gasteiger partial charge >= 0.3 is 0 Å². The minimum atomic E-state index is -0.305. The first-order valence-electron chi connectivity index (χ1n) is 9.04. The molecule has 0 atom stereocenters. The Labute approximate surface area is 163 Å². The Morgan fingerprint density at radius 2 is 1.93 bits per heavy atom. The summed E-state index contributed by atoms with van der Waals surface area (Å²) in [4.78, 5) is 19.3. The number of nitrogens with one attached hydrogen (secondary N) is 1. The molecule has 1 aliphatic rings. The van der Waals surface area contributed by atoms with Crippen LogP contribution in [0.5, 0.6) is 11.5 Å². The maximum absolute atomic E-state index is 12.8. The van der Waals surface area contributed by atoms with Gasteiger partial charge in [0.2, 0.25) is 0 Å². The third kappa shape index (κ3) is 3.36. The molecule has 6 heteroatoms. The molecule has 0 fully saturated rings. The van der Waals surface area contributed by atoms with Gasteiger partial charge in [0.05, 0.1) is 19.9 Å². The van der Waals surface area contributed by atoms with Crippen molar-refractivity contribution in [2.45, 2.75) is 6.42 Å². The number of rotatable bonds is 5. The summed E-state index contributed by atoms with van der Waals surface area (Å²) in [6, 6.07) is 17.3. The average Bonchev–Trinajstić information content (AvgIpc) is 3.18. The Kier molecular flexibility index (Phi) is 4.85. The van der Waals surface area contributed by atoms with E-state index in [9.17, 15) is 4.79 Å². The highest BCUT2D eigenvalue weighted by Gasteiger charge is 2.21. The van der Waals surface area contributed by atoms with E-state index in [1.54, 1.807) is 38.6 Å². The number of carbonyl (C=O) groups excluding carboxylic acids is 1. The Morgan fingerprint density at radius 1 is 1.07 bits per heavy atom. The zero-order valence-electron chi connectivity index (χ0n) is 15.8.